The minimum absolute atomic E-state index is 0. The fraction of sp³-hybridized carbons (Fsp3) is 0.0400. The van der Waals surface area contributed by atoms with Gasteiger partial charge in [0.1, 0.15) is 23.2 Å². The number of halogens is 4. The SMILES string of the molecule is Br.BrCc1ccc(Br)cc1.Brc1ccc(C[P+](c2ccccc2)(c2ccccc2)c2ccccc2)cc1.c1ccc(P(c2ccccc2)c2ccccc2)cc1. The van der Waals surface area contributed by atoms with Crippen LogP contribution in [0.25, 0.3) is 0 Å². The van der Waals surface area contributed by atoms with E-state index < -0.39 is 15.2 Å². The van der Waals surface area contributed by atoms with Crippen LogP contribution in [-0.4, -0.2) is 0 Å². The third-order valence-electron chi connectivity index (χ3n) is 9.03. The second-order valence-corrected chi connectivity index (χ2v) is 20.8. The summed E-state index contributed by atoms with van der Waals surface area (Å²) in [5.41, 5.74) is 2.67. The predicted octanol–water partition coefficient (Wildman–Crippen LogP) is 13.3. The largest absolute Gasteiger partial charge is 0.116 e. The Kier molecular flexibility index (Phi) is 18.0. The van der Waals surface area contributed by atoms with Crippen molar-refractivity contribution in [1.29, 1.82) is 0 Å². The van der Waals surface area contributed by atoms with Crippen molar-refractivity contribution < 1.29 is 0 Å². The number of hydrogen-bond acceptors (Lipinski definition) is 0. The summed E-state index contributed by atoms with van der Waals surface area (Å²) < 4.78 is 2.25. The Morgan fingerprint density at radius 2 is 0.607 bits per heavy atom. The van der Waals surface area contributed by atoms with E-state index in [0.717, 1.165) is 20.4 Å². The molecule has 0 N–H and O–H groups in total. The molecule has 0 fully saturated rings. The van der Waals surface area contributed by atoms with Crippen molar-refractivity contribution in [3.8, 4) is 0 Å². The number of rotatable bonds is 9. The lowest BCUT2D eigenvalue weighted by molar-refractivity contribution is 1.38. The zero-order valence-corrected chi connectivity index (χ0v) is 39.1. The fourth-order valence-corrected chi connectivity index (χ4v) is 13.8. The van der Waals surface area contributed by atoms with E-state index in [9.17, 15) is 0 Å². The molecular weight excluding hydrogens is 982 g/mol. The zero-order valence-electron chi connectivity index (χ0n) is 30.8. The summed E-state index contributed by atoms with van der Waals surface area (Å²) in [5, 5.41) is 9.39. The van der Waals surface area contributed by atoms with Gasteiger partial charge >= 0.3 is 0 Å². The minimum Gasteiger partial charge on any atom is -0.114 e. The van der Waals surface area contributed by atoms with Gasteiger partial charge in [-0.3, -0.25) is 0 Å². The topological polar surface area (TPSA) is 0 Å². The summed E-state index contributed by atoms with van der Waals surface area (Å²) in [4.78, 5) is 0. The van der Waals surface area contributed by atoms with Crippen molar-refractivity contribution in [2.75, 3.05) is 0 Å². The maximum Gasteiger partial charge on any atom is 0.116 e. The van der Waals surface area contributed by atoms with Gasteiger partial charge in [0.15, 0.2) is 0 Å². The van der Waals surface area contributed by atoms with Crippen molar-refractivity contribution in [3.63, 3.8) is 0 Å². The van der Waals surface area contributed by atoms with Gasteiger partial charge in [-0.1, -0.05) is 218 Å². The molecule has 8 rings (SSSR count). The van der Waals surface area contributed by atoms with Crippen molar-refractivity contribution in [3.05, 3.63) is 251 Å². The third-order valence-corrected chi connectivity index (χ3v) is 17.6. The molecule has 0 aliphatic heterocycles. The molecule has 0 unspecified atom stereocenters. The van der Waals surface area contributed by atoms with E-state index in [1.54, 1.807) is 0 Å². The minimum atomic E-state index is -1.81. The molecule has 280 valence electrons. The van der Waals surface area contributed by atoms with Crippen LogP contribution in [0, 0.1) is 0 Å². The van der Waals surface area contributed by atoms with Crippen LogP contribution in [0.5, 0.6) is 0 Å². The average molecular weight is 1030 g/mol. The zero-order chi connectivity index (χ0) is 38.1. The van der Waals surface area contributed by atoms with E-state index in [0.29, 0.717) is 0 Å². The van der Waals surface area contributed by atoms with Gasteiger partial charge in [0.2, 0.25) is 0 Å². The molecule has 0 saturated carbocycles. The van der Waals surface area contributed by atoms with E-state index >= 15 is 0 Å². The Balaban J connectivity index is 0.000000179. The molecule has 0 atom stereocenters. The molecule has 0 saturated heterocycles. The Morgan fingerprint density at radius 3 is 0.893 bits per heavy atom. The molecule has 0 aromatic heterocycles. The van der Waals surface area contributed by atoms with E-state index in [4.69, 9.17) is 0 Å². The van der Waals surface area contributed by atoms with Crippen LogP contribution in [0.3, 0.4) is 0 Å². The summed E-state index contributed by atoms with van der Waals surface area (Å²) in [5.74, 6) is 0. The third kappa shape index (κ3) is 12.0. The van der Waals surface area contributed by atoms with Crippen LogP contribution < -0.4 is 31.8 Å². The molecule has 0 aliphatic rings. The molecule has 0 aliphatic carbocycles. The summed E-state index contributed by atoms with van der Waals surface area (Å²) in [6.07, 6.45) is 1.01. The molecule has 0 heterocycles. The Bertz CT molecular complexity index is 2070. The standard InChI is InChI=1S/C25H21BrP.C18H15P.C7H6Br2.BrH/c26-22-18-16-21(17-19-22)20-27(23-10-4-1-5-11-23,24-12-6-2-7-13-24)25-14-8-3-9-15-25;1-4-10-16(11-5-1)19(17-12-6-2-7-13-17)18-14-8-3-9-15-18;8-5-6-1-3-7(9)4-2-6;/h1-19H,20H2;1-15H;1-4H,5H2;1H/q+1;;;. The van der Waals surface area contributed by atoms with Crippen molar-refractivity contribution in [2.45, 2.75) is 11.5 Å². The highest BCUT2D eigenvalue weighted by atomic mass is 79.9. The maximum atomic E-state index is 3.57. The molecule has 0 bridgehead atoms. The smallest absolute Gasteiger partial charge is 0.114 e. The summed E-state index contributed by atoms with van der Waals surface area (Å²) >= 11 is 10.3. The predicted molar refractivity (Wildman–Crippen MR) is 265 cm³/mol. The van der Waals surface area contributed by atoms with Gasteiger partial charge in [-0.25, -0.2) is 0 Å². The van der Waals surface area contributed by atoms with Crippen molar-refractivity contribution in [1.82, 2.24) is 0 Å². The normalized spacial score (nSPS) is 10.6. The first-order valence-electron chi connectivity index (χ1n) is 18.1. The first-order valence-corrected chi connectivity index (χ1v) is 24.1. The summed E-state index contributed by atoms with van der Waals surface area (Å²) in [6.45, 7) is 0. The summed E-state index contributed by atoms with van der Waals surface area (Å²) in [6, 6.07) is 82.4. The first kappa shape index (κ1) is 43.7. The highest BCUT2D eigenvalue weighted by molar-refractivity contribution is 9.10. The van der Waals surface area contributed by atoms with Crippen LogP contribution in [0.1, 0.15) is 11.1 Å². The lowest BCUT2D eigenvalue weighted by Gasteiger charge is -2.27. The molecule has 8 aromatic rings. The molecule has 0 amide bonds. The monoisotopic (exact) mass is 1020 g/mol. The number of hydrogen-bond donors (Lipinski definition) is 0. The Labute approximate surface area is 370 Å². The van der Waals surface area contributed by atoms with Crippen LogP contribution in [0.4, 0.5) is 0 Å². The molecule has 0 nitrogen and oxygen atoms in total. The molecule has 0 radical (unpaired) electrons. The van der Waals surface area contributed by atoms with Gasteiger partial charge < -0.3 is 0 Å². The quantitative estimate of drug-likeness (QED) is 0.0998. The van der Waals surface area contributed by atoms with Gasteiger partial charge in [0.25, 0.3) is 0 Å². The van der Waals surface area contributed by atoms with Crippen molar-refractivity contribution >= 4 is 112 Å². The lowest BCUT2D eigenvalue weighted by atomic mass is 10.2. The highest BCUT2D eigenvalue weighted by Crippen LogP contribution is 2.58. The van der Waals surface area contributed by atoms with Crippen LogP contribution in [-0.2, 0) is 11.5 Å². The first-order chi connectivity index (χ1) is 27.1. The molecule has 6 heteroatoms. The van der Waals surface area contributed by atoms with Gasteiger partial charge in [-0.2, -0.15) is 0 Å². The van der Waals surface area contributed by atoms with Crippen molar-refractivity contribution in [2.24, 2.45) is 0 Å². The maximum absolute atomic E-state index is 3.57. The molecule has 0 spiro atoms. The van der Waals surface area contributed by atoms with Crippen LogP contribution in [0.2, 0.25) is 0 Å². The Hall–Kier alpha value is -3.46. The molecule has 8 aromatic carbocycles. The highest BCUT2D eigenvalue weighted by Gasteiger charge is 2.45. The lowest BCUT2D eigenvalue weighted by Crippen LogP contribution is -2.32. The van der Waals surface area contributed by atoms with Crippen LogP contribution >= 0.6 is 80.0 Å². The number of benzene rings is 8. The van der Waals surface area contributed by atoms with E-state index in [1.807, 2.05) is 12.1 Å². The molecule has 56 heavy (non-hydrogen) atoms. The Morgan fingerprint density at radius 1 is 0.339 bits per heavy atom. The van der Waals surface area contributed by atoms with Gasteiger partial charge in [0.05, 0.1) is 6.16 Å². The van der Waals surface area contributed by atoms with Gasteiger partial charge in [0, 0.05) is 14.3 Å². The fourth-order valence-electron chi connectivity index (χ4n) is 6.38. The van der Waals surface area contributed by atoms with E-state index in [-0.39, 0.29) is 17.0 Å². The van der Waals surface area contributed by atoms with E-state index in [2.05, 4.69) is 266 Å². The van der Waals surface area contributed by atoms with E-state index in [1.165, 1.54) is 43.0 Å². The second kappa shape index (κ2) is 23.1. The molecular formula is C50H43Br4P2+. The van der Waals surface area contributed by atoms with Gasteiger partial charge in [-0.15, -0.1) is 17.0 Å². The average Bonchev–Trinajstić information content (AvgIpc) is 3.26. The second-order valence-electron chi connectivity index (χ2n) is 12.7. The summed E-state index contributed by atoms with van der Waals surface area (Å²) in [7, 11) is -2.25. The van der Waals surface area contributed by atoms with Crippen LogP contribution in [0.15, 0.2) is 239 Å². The van der Waals surface area contributed by atoms with Gasteiger partial charge in [-0.05, 0) is 95.6 Å². The number of alkyl halides is 1.